The van der Waals surface area contributed by atoms with Crippen molar-refractivity contribution in [3.63, 3.8) is 0 Å². The standard InChI is InChI=1S/C24H19F2N5O/c1-24(9-15-10-27-13-28-11-15)18-7-16(17-3-5-19(25)20(26)8-17)4-6-21(18)31(23(24)32)22-12-30(2)14-29-22/h3-8,10-14H,9H2,1-2H3. The number of nitrogens with zero attached hydrogens (tertiary/aromatic N) is 5. The van der Waals surface area contributed by atoms with E-state index in [2.05, 4.69) is 15.0 Å². The van der Waals surface area contributed by atoms with E-state index in [4.69, 9.17) is 0 Å². The molecule has 8 heteroatoms. The molecular weight excluding hydrogens is 412 g/mol. The van der Waals surface area contributed by atoms with E-state index >= 15 is 0 Å². The van der Waals surface area contributed by atoms with Gasteiger partial charge in [0.2, 0.25) is 5.91 Å². The van der Waals surface area contributed by atoms with E-state index in [0.29, 0.717) is 29.1 Å². The van der Waals surface area contributed by atoms with Crippen molar-refractivity contribution in [3.8, 4) is 11.1 Å². The number of carbonyl (C=O) groups excluding carboxylic acids is 1. The average Bonchev–Trinajstić information content (AvgIpc) is 3.30. The number of hydrogen-bond acceptors (Lipinski definition) is 4. The molecule has 1 aliphatic heterocycles. The Hall–Kier alpha value is -3.94. The molecule has 0 saturated heterocycles. The normalized spacial score (nSPS) is 17.6. The monoisotopic (exact) mass is 431 g/mol. The van der Waals surface area contributed by atoms with Crippen molar-refractivity contribution in [2.24, 2.45) is 7.05 Å². The zero-order valence-electron chi connectivity index (χ0n) is 17.5. The van der Waals surface area contributed by atoms with Crippen molar-refractivity contribution in [1.29, 1.82) is 0 Å². The summed E-state index contributed by atoms with van der Waals surface area (Å²) < 4.78 is 29.1. The molecule has 1 atom stereocenters. The molecule has 4 aromatic rings. The highest BCUT2D eigenvalue weighted by Crippen LogP contribution is 2.48. The van der Waals surface area contributed by atoms with Crippen LogP contribution in [0.25, 0.3) is 11.1 Å². The Balaban J connectivity index is 1.67. The van der Waals surface area contributed by atoms with E-state index in [0.717, 1.165) is 23.3 Å². The number of halogens is 2. The molecule has 0 radical (unpaired) electrons. The lowest BCUT2D eigenvalue weighted by molar-refractivity contribution is -0.122. The van der Waals surface area contributed by atoms with Crippen LogP contribution in [0.3, 0.4) is 0 Å². The van der Waals surface area contributed by atoms with Crippen LogP contribution in [0.4, 0.5) is 20.3 Å². The van der Waals surface area contributed by atoms with Crippen molar-refractivity contribution < 1.29 is 13.6 Å². The summed E-state index contributed by atoms with van der Waals surface area (Å²) in [6.45, 7) is 1.87. The van der Waals surface area contributed by atoms with Gasteiger partial charge in [0.25, 0.3) is 0 Å². The SMILES string of the molecule is Cn1cnc(N2C(=O)C(C)(Cc3cncnc3)c3cc(-c4ccc(F)c(F)c4)ccc32)c1. The number of hydrogen-bond donors (Lipinski definition) is 0. The summed E-state index contributed by atoms with van der Waals surface area (Å²) in [5.41, 5.74) is 2.59. The van der Waals surface area contributed by atoms with Gasteiger partial charge >= 0.3 is 0 Å². The molecule has 0 saturated carbocycles. The third-order valence-corrected chi connectivity index (χ3v) is 5.85. The quantitative estimate of drug-likeness (QED) is 0.482. The second kappa shape index (κ2) is 7.33. The van der Waals surface area contributed by atoms with Gasteiger partial charge in [-0.2, -0.15) is 0 Å². The molecule has 1 unspecified atom stereocenters. The third kappa shape index (κ3) is 3.15. The number of amides is 1. The summed E-state index contributed by atoms with van der Waals surface area (Å²) in [5.74, 6) is -1.43. The number of aryl methyl sites for hydroxylation is 1. The molecule has 0 N–H and O–H groups in total. The molecule has 0 bridgehead atoms. The summed E-state index contributed by atoms with van der Waals surface area (Å²) in [6.07, 6.45) is 8.62. The smallest absolute Gasteiger partial charge is 0.243 e. The molecule has 2 aromatic heterocycles. The van der Waals surface area contributed by atoms with Gasteiger partial charge in [0, 0.05) is 25.6 Å². The number of aromatic nitrogens is 4. The number of fused-ring (bicyclic) bond motifs is 1. The average molecular weight is 431 g/mol. The summed E-state index contributed by atoms with van der Waals surface area (Å²) in [5, 5.41) is 0. The molecule has 32 heavy (non-hydrogen) atoms. The molecule has 1 aliphatic rings. The zero-order chi connectivity index (χ0) is 22.5. The van der Waals surface area contributed by atoms with Gasteiger partial charge in [0.05, 0.1) is 17.4 Å². The molecule has 6 nitrogen and oxygen atoms in total. The summed E-state index contributed by atoms with van der Waals surface area (Å²) in [7, 11) is 1.84. The Morgan fingerprint density at radius 3 is 2.41 bits per heavy atom. The first kappa shape index (κ1) is 20.0. The van der Waals surface area contributed by atoms with Gasteiger partial charge < -0.3 is 4.57 Å². The first-order valence-corrected chi connectivity index (χ1v) is 10.0. The van der Waals surface area contributed by atoms with Crippen molar-refractivity contribution in [1.82, 2.24) is 19.5 Å². The van der Waals surface area contributed by atoms with Crippen LogP contribution in [0.2, 0.25) is 0 Å². The fourth-order valence-corrected chi connectivity index (χ4v) is 4.24. The highest BCUT2D eigenvalue weighted by molar-refractivity contribution is 6.12. The van der Waals surface area contributed by atoms with Crippen LogP contribution >= 0.6 is 0 Å². The summed E-state index contributed by atoms with van der Waals surface area (Å²) >= 11 is 0. The van der Waals surface area contributed by atoms with Gasteiger partial charge in [-0.05, 0) is 59.9 Å². The van der Waals surface area contributed by atoms with Crippen molar-refractivity contribution in [2.75, 3.05) is 4.90 Å². The van der Waals surface area contributed by atoms with E-state index in [1.807, 2.05) is 26.1 Å². The minimum absolute atomic E-state index is 0.127. The van der Waals surface area contributed by atoms with Crippen LogP contribution < -0.4 is 4.90 Å². The van der Waals surface area contributed by atoms with Crippen LogP contribution in [-0.2, 0) is 23.7 Å². The number of benzene rings is 2. The molecule has 160 valence electrons. The Bertz CT molecular complexity index is 1340. The maximum atomic E-state index is 13.9. The van der Waals surface area contributed by atoms with Gasteiger partial charge in [-0.3, -0.25) is 9.69 Å². The first-order chi connectivity index (χ1) is 15.4. The molecule has 0 aliphatic carbocycles. The van der Waals surface area contributed by atoms with Gasteiger partial charge in [0.1, 0.15) is 6.33 Å². The minimum Gasteiger partial charge on any atom is -0.338 e. The Labute approximate surface area is 183 Å². The van der Waals surface area contributed by atoms with Crippen LogP contribution in [0.5, 0.6) is 0 Å². The van der Waals surface area contributed by atoms with Gasteiger partial charge in [0.15, 0.2) is 17.5 Å². The number of carbonyl (C=O) groups is 1. The molecule has 0 fully saturated rings. The maximum Gasteiger partial charge on any atom is 0.243 e. The summed E-state index contributed by atoms with van der Waals surface area (Å²) in [4.78, 5) is 27.9. The van der Waals surface area contributed by atoms with Crippen LogP contribution in [0.15, 0.2) is 67.6 Å². The lowest BCUT2D eigenvalue weighted by atomic mass is 9.78. The number of imidazole rings is 1. The number of anilines is 2. The number of rotatable bonds is 4. The fraction of sp³-hybridized carbons (Fsp3) is 0.167. The van der Waals surface area contributed by atoms with E-state index in [1.165, 1.54) is 12.4 Å². The molecule has 0 spiro atoms. The minimum atomic E-state index is -0.924. The van der Waals surface area contributed by atoms with Crippen LogP contribution in [0.1, 0.15) is 18.1 Å². The second-order valence-electron chi connectivity index (χ2n) is 8.15. The van der Waals surface area contributed by atoms with Crippen molar-refractivity contribution >= 4 is 17.4 Å². The lowest BCUT2D eigenvalue weighted by Gasteiger charge is -2.24. The molecule has 3 heterocycles. The van der Waals surface area contributed by atoms with Crippen LogP contribution in [0, 0.1) is 11.6 Å². The Morgan fingerprint density at radius 2 is 1.72 bits per heavy atom. The molecule has 5 rings (SSSR count). The Morgan fingerprint density at radius 1 is 1.00 bits per heavy atom. The summed E-state index contributed by atoms with van der Waals surface area (Å²) in [6, 6.07) is 9.27. The predicted molar refractivity (Wildman–Crippen MR) is 115 cm³/mol. The largest absolute Gasteiger partial charge is 0.338 e. The van der Waals surface area contributed by atoms with E-state index < -0.39 is 17.0 Å². The zero-order valence-corrected chi connectivity index (χ0v) is 17.5. The van der Waals surface area contributed by atoms with E-state index in [1.54, 1.807) is 40.5 Å². The topological polar surface area (TPSA) is 63.9 Å². The van der Waals surface area contributed by atoms with E-state index in [-0.39, 0.29) is 5.91 Å². The second-order valence-corrected chi connectivity index (χ2v) is 8.15. The van der Waals surface area contributed by atoms with E-state index in [9.17, 15) is 13.6 Å². The van der Waals surface area contributed by atoms with Gasteiger partial charge in [-0.15, -0.1) is 0 Å². The maximum absolute atomic E-state index is 13.9. The molecular formula is C24H19F2N5O. The predicted octanol–water partition coefficient (Wildman–Crippen LogP) is 4.33. The third-order valence-electron chi connectivity index (χ3n) is 5.85. The lowest BCUT2D eigenvalue weighted by Crippen LogP contribution is -2.37. The van der Waals surface area contributed by atoms with Crippen molar-refractivity contribution in [2.45, 2.75) is 18.8 Å². The highest BCUT2D eigenvalue weighted by atomic mass is 19.2. The fourth-order valence-electron chi connectivity index (χ4n) is 4.24. The molecule has 1 amide bonds. The molecule has 2 aromatic carbocycles. The Kier molecular flexibility index (Phi) is 4.58. The first-order valence-electron chi connectivity index (χ1n) is 10.0. The van der Waals surface area contributed by atoms with Gasteiger partial charge in [-0.25, -0.2) is 23.7 Å². The van der Waals surface area contributed by atoms with Crippen LogP contribution in [-0.4, -0.2) is 25.4 Å². The highest BCUT2D eigenvalue weighted by Gasteiger charge is 2.48. The van der Waals surface area contributed by atoms with Crippen molar-refractivity contribution in [3.05, 3.63) is 90.4 Å². The van der Waals surface area contributed by atoms with Gasteiger partial charge in [-0.1, -0.05) is 12.1 Å².